The van der Waals surface area contributed by atoms with E-state index in [1.165, 1.54) is 7.05 Å². The van der Waals surface area contributed by atoms with Crippen LogP contribution in [-0.4, -0.2) is 40.7 Å². The van der Waals surface area contributed by atoms with Crippen molar-refractivity contribution in [2.24, 2.45) is 5.10 Å². The Balaban J connectivity index is 2.18. The Bertz CT molecular complexity index is 674. The number of benzene rings is 1. The van der Waals surface area contributed by atoms with Gasteiger partial charge in [-0.25, -0.2) is 5.01 Å². The minimum absolute atomic E-state index is 0.157. The summed E-state index contributed by atoms with van der Waals surface area (Å²) in [6, 6.07) is 6.41. The maximum atomic E-state index is 12.3. The van der Waals surface area contributed by atoms with Crippen molar-refractivity contribution in [3.05, 3.63) is 34.3 Å². The van der Waals surface area contributed by atoms with Gasteiger partial charge in [0.15, 0.2) is 0 Å². The second-order valence-electron chi connectivity index (χ2n) is 5.14. The lowest BCUT2D eigenvalue weighted by Crippen LogP contribution is -2.39. The number of rotatable bonds is 5. The molecule has 0 fully saturated rings. The highest BCUT2D eigenvalue weighted by Gasteiger charge is 2.25. The Labute approximate surface area is 141 Å². The van der Waals surface area contributed by atoms with Gasteiger partial charge in [0.05, 0.1) is 12.5 Å². The number of carboxylic acid groups (broad SMARTS) is 1. The standard InChI is InChI=1S/C15H16BrN3O4/c1-19-13(20)6-5-11(18-19)15(23)17-12(8-14(21)22)9-3-2-4-10(16)7-9/h2-4,7,12H,5-6,8H2,1H3,(H,17,23)(H,21,22). The number of carboxylic acids is 1. The van der Waals surface area contributed by atoms with Crippen molar-refractivity contribution < 1.29 is 19.5 Å². The molecule has 8 heteroatoms. The molecule has 0 spiro atoms. The van der Waals surface area contributed by atoms with E-state index in [0.29, 0.717) is 5.56 Å². The second-order valence-corrected chi connectivity index (χ2v) is 6.06. The zero-order valence-electron chi connectivity index (χ0n) is 12.5. The minimum Gasteiger partial charge on any atom is -0.481 e. The molecule has 1 aliphatic heterocycles. The molecule has 1 atom stereocenters. The van der Waals surface area contributed by atoms with Crippen molar-refractivity contribution in [3.63, 3.8) is 0 Å². The number of halogens is 1. The molecule has 1 aromatic carbocycles. The molecular formula is C15H16BrN3O4. The van der Waals surface area contributed by atoms with Gasteiger partial charge in [0.25, 0.3) is 5.91 Å². The molecule has 2 rings (SSSR count). The quantitative estimate of drug-likeness (QED) is 0.810. The monoisotopic (exact) mass is 381 g/mol. The molecule has 7 nitrogen and oxygen atoms in total. The van der Waals surface area contributed by atoms with E-state index in [2.05, 4.69) is 26.3 Å². The minimum atomic E-state index is -1.02. The molecule has 0 bridgehead atoms. The molecule has 1 unspecified atom stereocenters. The predicted octanol–water partition coefficient (Wildman–Crippen LogP) is 1.69. The van der Waals surface area contributed by atoms with Crippen LogP contribution in [0.5, 0.6) is 0 Å². The van der Waals surface area contributed by atoms with Crippen LogP contribution in [0.2, 0.25) is 0 Å². The summed E-state index contributed by atoms with van der Waals surface area (Å²) in [5.74, 6) is -1.64. The maximum absolute atomic E-state index is 12.3. The van der Waals surface area contributed by atoms with E-state index in [9.17, 15) is 14.4 Å². The van der Waals surface area contributed by atoms with Gasteiger partial charge in [0.2, 0.25) is 5.91 Å². The van der Waals surface area contributed by atoms with Gasteiger partial charge in [-0.1, -0.05) is 28.1 Å². The van der Waals surface area contributed by atoms with Crippen molar-refractivity contribution in [3.8, 4) is 0 Å². The van der Waals surface area contributed by atoms with Crippen molar-refractivity contribution in [2.45, 2.75) is 25.3 Å². The zero-order chi connectivity index (χ0) is 17.0. The molecule has 122 valence electrons. The normalized spacial score (nSPS) is 15.8. The Hall–Kier alpha value is -2.22. The number of nitrogens with one attached hydrogen (secondary N) is 1. The average Bonchev–Trinajstić information content (AvgIpc) is 2.48. The summed E-state index contributed by atoms with van der Waals surface area (Å²) in [7, 11) is 1.48. The summed E-state index contributed by atoms with van der Waals surface area (Å²) in [5, 5.41) is 16.8. The van der Waals surface area contributed by atoms with Gasteiger partial charge < -0.3 is 10.4 Å². The fourth-order valence-corrected chi connectivity index (χ4v) is 2.64. The summed E-state index contributed by atoms with van der Waals surface area (Å²) < 4.78 is 0.792. The van der Waals surface area contributed by atoms with Crippen molar-refractivity contribution >= 4 is 39.4 Å². The smallest absolute Gasteiger partial charge is 0.305 e. The summed E-state index contributed by atoms with van der Waals surface area (Å²) in [6.45, 7) is 0. The van der Waals surface area contributed by atoms with Gasteiger partial charge in [0, 0.05) is 24.4 Å². The summed E-state index contributed by atoms with van der Waals surface area (Å²) in [6.07, 6.45) is 0.209. The largest absolute Gasteiger partial charge is 0.481 e. The second kappa shape index (κ2) is 7.36. The van der Waals surface area contributed by atoms with Crippen molar-refractivity contribution in [1.29, 1.82) is 0 Å². The van der Waals surface area contributed by atoms with Crippen LogP contribution in [0.25, 0.3) is 0 Å². The molecule has 0 saturated carbocycles. The first-order valence-electron chi connectivity index (χ1n) is 6.99. The third-order valence-corrected chi connectivity index (χ3v) is 3.90. The third kappa shape index (κ3) is 4.62. The number of aliphatic carboxylic acids is 1. The Morgan fingerprint density at radius 2 is 2.17 bits per heavy atom. The summed E-state index contributed by atoms with van der Waals surface area (Å²) in [5.41, 5.74) is 0.897. The lowest BCUT2D eigenvalue weighted by molar-refractivity contribution is -0.137. The number of nitrogens with zero attached hydrogens (tertiary/aromatic N) is 2. The Morgan fingerprint density at radius 1 is 1.43 bits per heavy atom. The highest BCUT2D eigenvalue weighted by Crippen LogP contribution is 2.21. The summed E-state index contributed by atoms with van der Waals surface area (Å²) in [4.78, 5) is 34.8. The molecule has 23 heavy (non-hydrogen) atoms. The van der Waals surface area contributed by atoms with E-state index in [1.807, 2.05) is 6.07 Å². The van der Waals surface area contributed by atoms with Crippen molar-refractivity contribution in [1.82, 2.24) is 10.3 Å². The lowest BCUT2D eigenvalue weighted by Gasteiger charge is -2.22. The third-order valence-electron chi connectivity index (χ3n) is 3.40. The molecule has 0 saturated heterocycles. The molecule has 0 aliphatic carbocycles. The van der Waals surface area contributed by atoms with E-state index in [1.54, 1.807) is 18.2 Å². The maximum Gasteiger partial charge on any atom is 0.305 e. The number of carbonyl (C=O) groups is 3. The van der Waals surface area contributed by atoms with E-state index < -0.39 is 17.9 Å². The molecule has 1 aliphatic rings. The topological polar surface area (TPSA) is 99.1 Å². The fraction of sp³-hybridized carbons (Fsp3) is 0.333. The van der Waals surface area contributed by atoms with Crippen LogP contribution in [-0.2, 0) is 14.4 Å². The molecule has 1 aromatic rings. The van der Waals surface area contributed by atoms with Gasteiger partial charge in [-0.3, -0.25) is 14.4 Å². The highest BCUT2D eigenvalue weighted by atomic mass is 79.9. The van der Waals surface area contributed by atoms with Crippen LogP contribution >= 0.6 is 15.9 Å². The summed E-state index contributed by atoms with van der Waals surface area (Å²) >= 11 is 3.33. The van der Waals surface area contributed by atoms with Crippen molar-refractivity contribution in [2.75, 3.05) is 7.05 Å². The van der Waals surface area contributed by atoms with Crippen LogP contribution in [0.4, 0.5) is 0 Å². The van der Waals surface area contributed by atoms with Gasteiger partial charge in [-0.2, -0.15) is 5.10 Å². The molecule has 0 radical (unpaired) electrons. The lowest BCUT2D eigenvalue weighted by atomic mass is 10.0. The number of hydrogen-bond acceptors (Lipinski definition) is 4. The Morgan fingerprint density at radius 3 is 2.78 bits per heavy atom. The first-order valence-corrected chi connectivity index (χ1v) is 7.78. The zero-order valence-corrected chi connectivity index (χ0v) is 14.0. The van der Waals surface area contributed by atoms with E-state index in [0.717, 1.165) is 9.48 Å². The fourth-order valence-electron chi connectivity index (χ4n) is 2.22. The highest BCUT2D eigenvalue weighted by molar-refractivity contribution is 9.10. The number of hydrazone groups is 1. The Kier molecular flexibility index (Phi) is 5.49. The SMILES string of the molecule is CN1N=C(C(=O)NC(CC(=O)O)c2cccc(Br)c2)CCC1=O. The van der Waals surface area contributed by atoms with Gasteiger partial charge >= 0.3 is 5.97 Å². The molecular weight excluding hydrogens is 366 g/mol. The van der Waals surface area contributed by atoms with E-state index in [-0.39, 0.29) is 30.9 Å². The number of carbonyl (C=O) groups excluding carboxylic acids is 2. The molecule has 2 amide bonds. The van der Waals surface area contributed by atoms with Crippen LogP contribution in [0.3, 0.4) is 0 Å². The van der Waals surface area contributed by atoms with Crippen LogP contribution in [0, 0.1) is 0 Å². The number of hydrogen-bond donors (Lipinski definition) is 2. The average molecular weight is 382 g/mol. The predicted molar refractivity (Wildman–Crippen MR) is 86.7 cm³/mol. The van der Waals surface area contributed by atoms with Crippen LogP contribution in [0.1, 0.15) is 30.9 Å². The van der Waals surface area contributed by atoms with E-state index in [4.69, 9.17) is 5.11 Å². The first kappa shape index (κ1) is 17.1. The van der Waals surface area contributed by atoms with Gasteiger partial charge in [-0.05, 0) is 17.7 Å². The van der Waals surface area contributed by atoms with Gasteiger partial charge in [0.1, 0.15) is 5.71 Å². The first-order chi connectivity index (χ1) is 10.9. The molecule has 0 aromatic heterocycles. The van der Waals surface area contributed by atoms with E-state index >= 15 is 0 Å². The molecule has 1 heterocycles. The van der Waals surface area contributed by atoms with Crippen LogP contribution < -0.4 is 5.32 Å². The van der Waals surface area contributed by atoms with Gasteiger partial charge in [-0.15, -0.1) is 0 Å². The van der Waals surface area contributed by atoms with Crippen LogP contribution in [0.15, 0.2) is 33.8 Å². The number of amides is 2. The molecule has 2 N–H and O–H groups in total.